The summed E-state index contributed by atoms with van der Waals surface area (Å²) in [7, 11) is 0. The summed E-state index contributed by atoms with van der Waals surface area (Å²) < 4.78 is 0. The van der Waals surface area contributed by atoms with E-state index in [1.165, 1.54) is 11.1 Å². The lowest BCUT2D eigenvalue weighted by molar-refractivity contribution is 0.0697. The normalized spacial score (nSPS) is 12.8. The SMILES string of the molecule is CC(CNCc1ccc(C(=O)O)cc1)Cc1ccc(C(C)(C)C)cc1. The van der Waals surface area contributed by atoms with Crippen molar-refractivity contribution < 1.29 is 9.90 Å². The Labute approximate surface area is 151 Å². The molecule has 0 spiro atoms. The molecule has 0 radical (unpaired) electrons. The van der Waals surface area contributed by atoms with E-state index < -0.39 is 5.97 Å². The largest absolute Gasteiger partial charge is 0.478 e. The lowest BCUT2D eigenvalue weighted by atomic mass is 9.86. The van der Waals surface area contributed by atoms with Gasteiger partial charge in [-0.15, -0.1) is 0 Å². The second-order valence-corrected chi connectivity index (χ2v) is 7.89. The first-order chi connectivity index (χ1) is 11.8. The summed E-state index contributed by atoms with van der Waals surface area (Å²) in [5.41, 5.74) is 4.37. The third-order valence-electron chi connectivity index (χ3n) is 4.43. The molecule has 0 aliphatic carbocycles. The van der Waals surface area contributed by atoms with Crippen molar-refractivity contribution in [1.29, 1.82) is 0 Å². The minimum Gasteiger partial charge on any atom is -0.478 e. The highest BCUT2D eigenvalue weighted by Gasteiger charge is 2.13. The Hall–Kier alpha value is -2.13. The van der Waals surface area contributed by atoms with Crippen LogP contribution in [0.2, 0.25) is 0 Å². The molecule has 0 aliphatic heterocycles. The number of hydrogen-bond donors (Lipinski definition) is 2. The van der Waals surface area contributed by atoms with E-state index in [1.54, 1.807) is 12.1 Å². The van der Waals surface area contributed by atoms with Gasteiger partial charge in [0.2, 0.25) is 0 Å². The Bertz CT molecular complexity index is 681. The maximum absolute atomic E-state index is 10.8. The van der Waals surface area contributed by atoms with Crippen molar-refractivity contribution in [2.24, 2.45) is 5.92 Å². The minimum atomic E-state index is -0.884. The molecule has 1 unspecified atom stereocenters. The van der Waals surface area contributed by atoms with E-state index >= 15 is 0 Å². The second-order valence-electron chi connectivity index (χ2n) is 7.89. The number of nitrogens with one attached hydrogen (secondary N) is 1. The lowest BCUT2D eigenvalue weighted by Crippen LogP contribution is -2.22. The van der Waals surface area contributed by atoms with E-state index in [0.717, 1.165) is 25.1 Å². The van der Waals surface area contributed by atoms with Gasteiger partial charge in [-0.3, -0.25) is 0 Å². The molecule has 0 amide bonds. The monoisotopic (exact) mass is 339 g/mol. The zero-order valence-corrected chi connectivity index (χ0v) is 15.7. The van der Waals surface area contributed by atoms with Crippen LogP contribution in [-0.2, 0) is 18.4 Å². The van der Waals surface area contributed by atoms with Crippen LogP contribution >= 0.6 is 0 Å². The van der Waals surface area contributed by atoms with Crippen LogP contribution in [0.1, 0.15) is 54.7 Å². The van der Waals surface area contributed by atoms with Gasteiger partial charge in [-0.2, -0.15) is 0 Å². The van der Waals surface area contributed by atoms with Gasteiger partial charge in [0.25, 0.3) is 0 Å². The molecule has 0 bridgehead atoms. The number of benzene rings is 2. The van der Waals surface area contributed by atoms with Crippen molar-refractivity contribution in [1.82, 2.24) is 5.32 Å². The third kappa shape index (κ3) is 6.02. The van der Waals surface area contributed by atoms with Crippen LogP contribution < -0.4 is 5.32 Å². The molecule has 1 atom stereocenters. The summed E-state index contributed by atoms with van der Waals surface area (Å²) in [6.45, 7) is 10.6. The topological polar surface area (TPSA) is 49.3 Å². The first-order valence-corrected chi connectivity index (χ1v) is 8.88. The van der Waals surface area contributed by atoms with Crippen molar-refractivity contribution in [3.05, 3.63) is 70.8 Å². The van der Waals surface area contributed by atoms with Gasteiger partial charge in [-0.05, 0) is 53.1 Å². The third-order valence-corrected chi connectivity index (χ3v) is 4.43. The Morgan fingerprint density at radius 3 is 2.08 bits per heavy atom. The standard InChI is InChI=1S/C22H29NO2/c1-16(13-17-7-11-20(12-8-17)22(2,3)4)14-23-15-18-5-9-19(10-6-18)21(24)25/h5-12,16,23H,13-15H2,1-4H3,(H,24,25). The molecule has 2 aromatic rings. The van der Waals surface area contributed by atoms with Gasteiger partial charge in [0.15, 0.2) is 0 Å². The lowest BCUT2D eigenvalue weighted by Gasteiger charge is -2.19. The summed E-state index contributed by atoms with van der Waals surface area (Å²) in [5.74, 6) is -0.343. The second kappa shape index (κ2) is 8.30. The molecular formula is C22H29NO2. The quantitative estimate of drug-likeness (QED) is 0.772. The molecule has 2 rings (SSSR count). The number of rotatable bonds is 7. The fourth-order valence-electron chi connectivity index (χ4n) is 2.84. The molecule has 134 valence electrons. The molecule has 0 aromatic heterocycles. The predicted molar refractivity (Wildman–Crippen MR) is 103 cm³/mol. The number of carboxylic acids is 1. The summed E-state index contributed by atoms with van der Waals surface area (Å²) in [5, 5.41) is 12.4. The van der Waals surface area contributed by atoms with Crippen molar-refractivity contribution >= 4 is 5.97 Å². The van der Waals surface area contributed by atoms with Crippen LogP contribution in [0.3, 0.4) is 0 Å². The number of hydrogen-bond acceptors (Lipinski definition) is 2. The van der Waals surface area contributed by atoms with Crippen molar-refractivity contribution in [2.45, 2.75) is 46.1 Å². The van der Waals surface area contributed by atoms with E-state index in [4.69, 9.17) is 5.11 Å². The molecule has 2 N–H and O–H groups in total. The average molecular weight is 339 g/mol. The van der Waals surface area contributed by atoms with Crippen LogP contribution in [0.15, 0.2) is 48.5 Å². The first kappa shape index (κ1) is 19.2. The van der Waals surface area contributed by atoms with Gasteiger partial charge < -0.3 is 10.4 Å². The van der Waals surface area contributed by atoms with E-state index in [9.17, 15) is 4.79 Å². The highest BCUT2D eigenvalue weighted by atomic mass is 16.4. The fraction of sp³-hybridized carbons (Fsp3) is 0.409. The molecule has 25 heavy (non-hydrogen) atoms. The van der Waals surface area contributed by atoms with E-state index in [0.29, 0.717) is 11.5 Å². The molecule has 0 fully saturated rings. The highest BCUT2D eigenvalue weighted by Crippen LogP contribution is 2.22. The van der Waals surface area contributed by atoms with E-state index in [2.05, 4.69) is 57.3 Å². The summed E-state index contributed by atoms with van der Waals surface area (Å²) in [4.78, 5) is 10.8. The number of carbonyl (C=O) groups is 1. The summed E-state index contributed by atoms with van der Waals surface area (Å²) in [6, 6.07) is 16.0. The Balaban J connectivity index is 1.78. The van der Waals surface area contributed by atoms with Gasteiger partial charge in [-0.1, -0.05) is 64.1 Å². The van der Waals surface area contributed by atoms with Gasteiger partial charge in [0, 0.05) is 6.54 Å². The number of carboxylic acid groups (broad SMARTS) is 1. The van der Waals surface area contributed by atoms with Crippen LogP contribution in [0.5, 0.6) is 0 Å². The smallest absolute Gasteiger partial charge is 0.335 e. The van der Waals surface area contributed by atoms with Gasteiger partial charge in [0.05, 0.1) is 5.56 Å². The molecular weight excluding hydrogens is 310 g/mol. The molecule has 0 saturated carbocycles. The summed E-state index contributed by atoms with van der Waals surface area (Å²) >= 11 is 0. The van der Waals surface area contributed by atoms with Crippen LogP contribution in [0, 0.1) is 5.92 Å². The van der Waals surface area contributed by atoms with E-state index in [-0.39, 0.29) is 5.41 Å². The Morgan fingerprint density at radius 2 is 1.56 bits per heavy atom. The molecule has 0 heterocycles. The Kier molecular flexibility index (Phi) is 6.38. The van der Waals surface area contributed by atoms with Gasteiger partial charge >= 0.3 is 5.97 Å². The van der Waals surface area contributed by atoms with Crippen molar-refractivity contribution in [3.63, 3.8) is 0 Å². The predicted octanol–water partition coefficient (Wildman–Crippen LogP) is 4.65. The Morgan fingerprint density at radius 1 is 1.00 bits per heavy atom. The van der Waals surface area contributed by atoms with Crippen molar-refractivity contribution in [3.8, 4) is 0 Å². The van der Waals surface area contributed by atoms with Crippen LogP contribution in [-0.4, -0.2) is 17.6 Å². The molecule has 2 aromatic carbocycles. The average Bonchev–Trinajstić information content (AvgIpc) is 2.55. The van der Waals surface area contributed by atoms with Crippen LogP contribution in [0.4, 0.5) is 0 Å². The molecule has 3 nitrogen and oxygen atoms in total. The fourth-order valence-corrected chi connectivity index (χ4v) is 2.84. The molecule has 0 aliphatic rings. The first-order valence-electron chi connectivity index (χ1n) is 8.88. The minimum absolute atomic E-state index is 0.196. The molecule has 0 saturated heterocycles. The highest BCUT2D eigenvalue weighted by molar-refractivity contribution is 5.87. The maximum atomic E-state index is 10.8. The maximum Gasteiger partial charge on any atom is 0.335 e. The summed E-state index contributed by atoms with van der Waals surface area (Å²) in [6.07, 6.45) is 1.05. The zero-order valence-electron chi connectivity index (χ0n) is 15.7. The molecule has 3 heteroatoms. The van der Waals surface area contributed by atoms with Gasteiger partial charge in [0.1, 0.15) is 0 Å². The van der Waals surface area contributed by atoms with Gasteiger partial charge in [-0.25, -0.2) is 4.79 Å². The van der Waals surface area contributed by atoms with E-state index in [1.807, 2.05) is 12.1 Å². The van der Waals surface area contributed by atoms with Crippen LogP contribution in [0.25, 0.3) is 0 Å². The number of aromatic carboxylic acids is 1. The zero-order chi connectivity index (χ0) is 18.4. The van der Waals surface area contributed by atoms with Crippen molar-refractivity contribution in [2.75, 3.05) is 6.54 Å².